The summed E-state index contributed by atoms with van der Waals surface area (Å²) in [6.45, 7) is 4.26. The van der Waals surface area contributed by atoms with Crippen molar-refractivity contribution in [1.29, 1.82) is 0 Å². The summed E-state index contributed by atoms with van der Waals surface area (Å²) in [5.74, 6) is 2.31. The van der Waals surface area contributed by atoms with E-state index < -0.39 is 0 Å². The van der Waals surface area contributed by atoms with Gasteiger partial charge < -0.3 is 9.80 Å². The Morgan fingerprint density at radius 2 is 2.05 bits per heavy atom. The van der Waals surface area contributed by atoms with Crippen molar-refractivity contribution < 1.29 is 4.79 Å². The highest BCUT2D eigenvalue weighted by Gasteiger charge is 2.29. The van der Waals surface area contributed by atoms with Crippen molar-refractivity contribution in [3.8, 4) is 0 Å². The molecule has 1 amide bonds. The lowest BCUT2D eigenvalue weighted by molar-refractivity contribution is 0.0640. The average Bonchev–Trinajstić information content (AvgIpc) is 2.81. The van der Waals surface area contributed by atoms with Crippen LogP contribution in [0.2, 0.25) is 0 Å². The summed E-state index contributed by atoms with van der Waals surface area (Å²) >= 11 is 1.99. The Morgan fingerprint density at radius 3 is 2.82 bits per heavy atom. The molecule has 0 aliphatic carbocycles. The molecule has 2 aliphatic heterocycles. The highest BCUT2D eigenvalue weighted by Crippen LogP contribution is 2.20. The first-order valence-electron chi connectivity index (χ1n) is 8.37. The molecule has 0 radical (unpaired) electrons. The summed E-state index contributed by atoms with van der Waals surface area (Å²) in [6, 6.07) is 5.91. The average molecular weight is 319 g/mol. The summed E-state index contributed by atoms with van der Waals surface area (Å²) in [5.41, 5.74) is 0.582. The summed E-state index contributed by atoms with van der Waals surface area (Å²) in [7, 11) is 0. The Hall–Kier alpha value is -1.07. The van der Waals surface area contributed by atoms with E-state index in [0.717, 1.165) is 31.0 Å². The van der Waals surface area contributed by atoms with Crippen LogP contribution < -0.4 is 0 Å². The van der Waals surface area contributed by atoms with E-state index in [4.69, 9.17) is 0 Å². The van der Waals surface area contributed by atoms with Gasteiger partial charge in [-0.05, 0) is 50.2 Å². The lowest BCUT2D eigenvalue weighted by Crippen LogP contribution is -2.49. The van der Waals surface area contributed by atoms with Gasteiger partial charge in [0.2, 0.25) is 0 Å². The van der Waals surface area contributed by atoms with E-state index in [1.54, 1.807) is 6.20 Å². The molecule has 2 saturated heterocycles. The number of thioether (sulfide) groups is 1. The van der Waals surface area contributed by atoms with Crippen molar-refractivity contribution in [1.82, 2.24) is 14.8 Å². The molecule has 22 heavy (non-hydrogen) atoms. The first-order chi connectivity index (χ1) is 10.8. The third-order valence-electron chi connectivity index (χ3n) is 4.50. The zero-order valence-corrected chi connectivity index (χ0v) is 13.9. The van der Waals surface area contributed by atoms with Crippen LogP contribution in [0.1, 0.15) is 36.2 Å². The fourth-order valence-electron chi connectivity index (χ4n) is 3.32. The zero-order chi connectivity index (χ0) is 15.2. The van der Waals surface area contributed by atoms with Crippen LogP contribution >= 0.6 is 11.8 Å². The number of carbonyl (C=O) groups is 1. The smallest absolute Gasteiger partial charge is 0.272 e. The van der Waals surface area contributed by atoms with E-state index in [1.807, 2.05) is 30.0 Å². The van der Waals surface area contributed by atoms with E-state index in [0.29, 0.717) is 11.7 Å². The van der Waals surface area contributed by atoms with Crippen LogP contribution in [0.25, 0.3) is 0 Å². The van der Waals surface area contributed by atoms with Crippen LogP contribution in [-0.2, 0) is 0 Å². The van der Waals surface area contributed by atoms with Crippen molar-refractivity contribution in [3.05, 3.63) is 30.1 Å². The van der Waals surface area contributed by atoms with Gasteiger partial charge in [-0.3, -0.25) is 9.78 Å². The molecule has 4 nitrogen and oxygen atoms in total. The van der Waals surface area contributed by atoms with Gasteiger partial charge in [-0.1, -0.05) is 12.5 Å². The van der Waals surface area contributed by atoms with Gasteiger partial charge in [-0.25, -0.2) is 0 Å². The van der Waals surface area contributed by atoms with Gasteiger partial charge in [0.05, 0.1) is 6.04 Å². The van der Waals surface area contributed by atoms with Crippen LogP contribution in [0.3, 0.4) is 0 Å². The van der Waals surface area contributed by atoms with Crippen LogP contribution in [-0.4, -0.2) is 64.4 Å². The van der Waals surface area contributed by atoms with Gasteiger partial charge >= 0.3 is 0 Å². The SMILES string of the molecule is O=C(c1ccccn1)N1CCCSCC1CN1CCCCC1. The minimum atomic E-state index is 0.102. The van der Waals surface area contributed by atoms with Gasteiger partial charge in [-0.2, -0.15) is 11.8 Å². The highest BCUT2D eigenvalue weighted by atomic mass is 32.2. The molecule has 2 fully saturated rings. The molecule has 3 heterocycles. The van der Waals surface area contributed by atoms with Gasteiger partial charge in [0.15, 0.2) is 0 Å². The number of carbonyl (C=O) groups excluding carboxylic acids is 1. The second-order valence-corrected chi connectivity index (χ2v) is 7.31. The highest BCUT2D eigenvalue weighted by molar-refractivity contribution is 7.99. The quantitative estimate of drug-likeness (QED) is 0.858. The van der Waals surface area contributed by atoms with E-state index in [1.165, 1.54) is 32.4 Å². The zero-order valence-electron chi connectivity index (χ0n) is 13.1. The number of aromatic nitrogens is 1. The molecule has 0 aromatic carbocycles. The lowest BCUT2D eigenvalue weighted by Gasteiger charge is -2.35. The second-order valence-electron chi connectivity index (χ2n) is 6.16. The van der Waals surface area contributed by atoms with E-state index >= 15 is 0 Å². The number of hydrogen-bond donors (Lipinski definition) is 0. The second kappa shape index (κ2) is 7.97. The first-order valence-corrected chi connectivity index (χ1v) is 9.52. The molecule has 1 aromatic heterocycles. The molecule has 0 N–H and O–H groups in total. The molecule has 2 aliphatic rings. The number of likely N-dealkylation sites (tertiary alicyclic amines) is 1. The monoisotopic (exact) mass is 319 g/mol. The fraction of sp³-hybridized carbons (Fsp3) is 0.647. The molecule has 3 rings (SSSR count). The minimum Gasteiger partial charge on any atom is -0.332 e. The van der Waals surface area contributed by atoms with Crippen LogP contribution in [0.5, 0.6) is 0 Å². The number of piperidine rings is 1. The lowest BCUT2D eigenvalue weighted by atomic mass is 10.1. The van der Waals surface area contributed by atoms with Crippen molar-refractivity contribution in [3.63, 3.8) is 0 Å². The first kappa shape index (κ1) is 15.8. The molecule has 5 heteroatoms. The van der Waals surface area contributed by atoms with Crippen molar-refractivity contribution in [2.24, 2.45) is 0 Å². The fourth-order valence-corrected chi connectivity index (χ4v) is 4.38. The Morgan fingerprint density at radius 1 is 1.18 bits per heavy atom. The molecular weight excluding hydrogens is 294 g/mol. The van der Waals surface area contributed by atoms with E-state index in [-0.39, 0.29) is 5.91 Å². The summed E-state index contributed by atoms with van der Waals surface area (Å²) in [5, 5.41) is 0. The third-order valence-corrected chi connectivity index (χ3v) is 5.70. The molecular formula is C17H25N3OS. The third kappa shape index (κ3) is 4.02. The standard InChI is InChI=1S/C17H25N3OS/c21-17(16-7-2-3-8-18-16)20-11-6-12-22-14-15(20)13-19-9-4-1-5-10-19/h2-3,7-8,15H,1,4-6,9-14H2. The maximum Gasteiger partial charge on any atom is 0.272 e. The minimum absolute atomic E-state index is 0.102. The molecule has 1 atom stereocenters. The summed E-state index contributed by atoms with van der Waals surface area (Å²) in [4.78, 5) is 21.7. The number of rotatable bonds is 3. The van der Waals surface area contributed by atoms with Gasteiger partial charge in [-0.15, -0.1) is 0 Å². The number of amides is 1. The topological polar surface area (TPSA) is 36.4 Å². The van der Waals surface area contributed by atoms with Crippen molar-refractivity contribution in [2.75, 3.05) is 37.7 Å². The molecule has 0 bridgehead atoms. The van der Waals surface area contributed by atoms with E-state index in [2.05, 4.69) is 14.8 Å². The summed E-state index contributed by atoms with van der Waals surface area (Å²) in [6.07, 6.45) is 6.74. The number of nitrogens with zero attached hydrogens (tertiary/aromatic N) is 3. The maximum absolute atomic E-state index is 12.8. The largest absolute Gasteiger partial charge is 0.332 e. The van der Waals surface area contributed by atoms with Gasteiger partial charge in [0, 0.05) is 25.0 Å². The maximum atomic E-state index is 12.8. The van der Waals surface area contributed by atoms with Gasteiger partial charge in [0.1, 0.15) is 5.69 Å². The van der Waals surface area contributed by atoms with Crippen LogP contribution in [0, 0.1) is 0 Å². The molecule has 1 aromatic rings. The summed E-state index contributed by atoms with van der Waals surface area (Å²) < 4.78 is 0. The van der Waals surface area contributed by atoms with Crippen molar-refractivity contribution in [2.45, 2.75) is 31.7 Å². The Labute approximate surface area is 137 Å². The van der Waals surface area contributed by atoms with E-state index in [9.17, 15) is 4.79 Å². The van der Waals surface area contributed by atoms with Crippen LogP contribution in [0.4, 0.5) is 0 Å². The Bertz CT molecular complexity index is 476. The predicted molar refractivity (Wildman–Crippen MR) is 91.3 cm³/mol. The Balaban J connectivity index is 1.71. The molecule has 0 saturated carbocycles. The molecule has 120 valence electrons. The van der Waals surface area contributed by atoms with Gasteiger partial charge in [0.25, 0.3) is 5.91 Å². The normalized spacial score (nSPS) is 24.0. The van der Waals surface area contributed by atoms with Crippen molar-refractivity contribution >= 4 is 17.7 Å². The predicted octanol–water partition coefficient (Wildman–Crippen LogP) is 2.52. The molecule has 0 spiro atoms. The number of pyridine rings is 1. The molecule has 1 unspecified atom stereocenters. The van der Waals surface area contributed by atoms with Crippen LogP contribution in [0.15, 0.2) is 24.4 Å². The Kier molecular flexibility index (Phi) is 5.73. The number of hydrogen-bond acceptors (Lipinski definition) is 4.